The molecule has 0 amide bonds. The molecule has 0 radical (unpaired) electrons. The number of nitrogens with one attached hydrogen (secondary N) is 2. The van der Waals surface area contributed by atoms with E-state index in [0.29, 0.717) is 5.92 Å². The van der Waals surface area contributed by atoms with E-state index in [9.17, 15) is 0 Å². The quantitative estimate of drug-likeness (QED) is 0.572. The summed E-state index contributed by atoms with van der Waals surface area (Å²) in [5.41, 5.74) is 0. The molecular weight excluding hydrogens is 344 g/mol. The first-order valence-corrected chi connectivity index (χ1v) is 10.3. The summed E-state index contributed by atoms with van der Waals surface area (Å²) < 4.78 is 5.93. The first-order chi connectivity index (χ1) is 12.7. The Balaban J connectivity index is 1.56. The molecule has 2 aromatic heterocycles. The second-order valence-corrected chi connectivity index (χ2v) is 7.94. The molecule has 3 rings (SSSR count). The zero-order valence-corrected chi connectivity index (χ0v) is 16.8. The Hall–Kier alpha value is -1.79. The number of guanidine groups is 1. The predicted octanol–water partition coefficient (Wildman–Crippen LogP) is 3.76. The lowest BCUT2D eigenvalue weighted by Gasteiger charge is -2.27. The van der Waals surface area contributed by atoms with Crippen molar-refractivity contribution in [3.63, 3.8) is 0 Å². The van der Waals surface area contributed by atoms with E-state index >= 15 is 0 Å². The SMILES string of the molecule is CN=C(NCC(C)c1cccs1)NCC(c1ccc(C)o1)N1CCCC1. The molecule has 2 aromatic rings. The van der Waals surface area contributed by atoms with Crippen LogP contribution in [0.1, 0.15) is 48.1 Å². The zero-order valence-electron chi connectivity index (χ0n) is 16.0. The molecule has 0 aliphatic carbocycles. The van der Waals surface area contributed by atoms with Gasteiger partial charge in [-0.3, -0.25) is 9.89 Å². The van der Waals surface area contributed by atoms with Gasteiger partial charge in [0.05, 0.1) is 6.04 Å². The van der Waals surface area contributed by atoms with Crippen LogP contribution in [0, 0.1) is 6.92 Å². The molecule has 2 unspecified atom stereocenters. The van der Waals surface area contributed by atoms with Crippen molar-refractivity contribution in [2.45, 2.75) is 38.6 Å². The molecule has 142 valence electrons. The fourth-order valence-corrected chi connectivity index (χ4v) is 4.22. The van der Waals surface area contributed by atoms with Crippen molar-refractivity contribution < 1.29 is 4.42 Å². The Bertz CT molecular complexity index is 688. The first-order valence-electron chi connectivity index (χ1n) is 9.45. The minimum Gasteiger partial charge on any atom is -0.465 e. The lowest BCUT2D eigenvalue weighted by Crippen LogP contribution is -2.43. The molecule has 0 spiro atoms. The van der Waals surface area contributed by atoms with Gasteiger partial charge in [-0.2, -0.15) is 0 Å². The largest absolute Gasteiger partial charge is 0.465 e. The van der Waals surface area contributed by atoms with Gasteiger partial charge in [-0.1, -0.05) is 13.0 Å². The van der Waals surface area contributed by atoms with E-state index in [0.717, 1.165) is 43.7 Å². The van der Waals surface area contributed by atoms with Crippen molar-refractivity contribution in [3.8, 4) is 0 Å². The number of nitrogens with zero attached hydrogens (tertiary/aromatic N) is 2. The van der Waals surface area contributed by atoms with Gasteiger partial charge in [-0.05, 0) is 56.4 Å². The molecule has 5 nitrogen and oxygen atoms in total. The topological polar surface area (TPSA) is 52.8 Å². The third kappa shape index (κ3) is 4.89. The number of aliphatic imine (C=N–C) groups is 1. The third-order valence-corrected chi connectivity index (χ3v) is 6.07. The van der Waals surface area contributed by atoms with Crippen LogP contribution in [0.3, 0.4) is 0 Å². The lowest BCUT2D eigenvalue weighted by atomic mass is 10.1. The van der Waals surface area contributed by atoms with Gasteiger partial charge in [0.1, 0.15) is 11.5 Å². The van der Waals surface area contributed by atoms with E-state index in [-0.39, 0.29) is 6.04 Å². The minimum atomic E-state index is 0.250. The van der Waals surface area contributed by atoms with E-state index in [1.807, 2.05) is 20.0 Å². The number of hydrogen-bond acceptors (Lipinski definition) is 4. The van der Waals surface area contributed by atoms with Crippen molar-refractivity contribution in [1.29, 1.82) is 0 Å². The Morgan fingerprint density at radius 3 is 2.62 bits per heavy atom. The number of rotatable bonds is 7. The maximum absolute atomic E-state index is 5.93. The van der Waals surface area contributed by atoms with Crippen LogP contribution in [0.25, 0.3) is 0 Å². The first kappa shape index (κ1) is 19.0. The molecule has 3 heterocycles. The summed E-state index contributed by atoms with van der Waals surface area (Å²) in [6, 6.07) is 8.70. The van der Waals surface area contributed by atoms with Crippen LogP contribution < -0.4 is 10.6 Å². The van der Waals surface area contributed by atoms with Crippen molar-refractivity contribution >= 4 is 17.3 Å². The summed E-state index contributed by atoms with van der Waals surface area (Å²) in [5, 5.41) is 9.08. The number of aryl methyl sites for hydroxylation is 1. The predicted molar refractivity (Wildman–Crippen MR) is 109 cm³/mol. The lowest BCUT2D eigenvalue weighted by molar-refractivity contribution is 0.213. The third-order valence-electron chi connectivity index (χ3n) is 4.96. The molecule has 2 atom stereocenters. The molecule has 1 fully saturated rings. The smallest absolute Gasteiger partial charge is 0.191 e. The summed E-state index contributed by atoms with van der Waals surface area (Å²) in [6.07, 6.45) is 2.53. The van der Waals surface area contributed by atoms with Gasteiger partial charge in [-0.25, -0.2) is 0 Å². The number of furan rings is 1. The summed E-state index contributed by atoms with van der Waals surface area (Å²) in [7, 11) is 1.83. The van der Waals surface area contributed by atoms with Crippen molar-refractivity contribution in [2.75, 3.05) is 33.2 Å². The van der Waals surface area contributed by atoms with Crippen LogP contribution in [0.4, 0.5) is 0 Å². The maximum Gasteiger partial charge on any atom is 0.191 e. The van der Waals surface area contributed by atoms with Crippen LogP contribution in [0.15, 0.2) is 39.1 Å². The van der Waals surface area contributed by atoms with E-state index in [1.54, 1.807) is 11.3 Å². The minimum absolute atomic E-state index is 0.250. The average Bonchev–Trinajstić information content (AvgIpc) is 3.40. The Kier molecular flexibility index (Phi) is 6.74. The van der Waals surface area contributed by atoms with Gasteiger partial charge in [0.25, 0.3) is 0 Å². The molecule has 0 aromatic carbocycles. The van der Waals surface area contributed by atoms with Crippen LogP contribution in [0.2, 0.25) is 0 Å². The van der Waals surface area contributed by atoms with Crippen molar-refractivity contribution in [1.82, 2.24) is 15.5 Å². The molecule has 1 saturated heterocycles. The summed E-state index contributed by atoms with van der Waals surface area (Å²) in [4.78, 5) is 8.29. The molecule has 1 aliphatic rings. The van der Waals surface area contributed by atoms with E-state index in [4.69, 9.17) is 4.42 Å². The van der Waals surface area contributed by atoms with E-state index in [1.165, 1.54) is 17.7 Å². The summed E-state index contributed by atoms with van der Waals surface area (Å²) in [6.45, 7) is 8.17. The summed E-state index contributed by atoms with van der Waals surface area (Å²) in [5.74, 6) is 3.33. The molecule has 6 heteroatoms. The molecule has 26 heavy (non-hydrogen) atoms. The Morgan fingerprint density at radius 1 is 1.23 bits per heavy atom. The fourth-order valence-electron chi connectivity index (χ4n) is 3.43. The van der Waals surface area contributed by atoms with Crippen LogP contribution in [-0.2, 0) is 0 Å². The molecule has 0 saturated carbocycles. The Morgan fingerprint density at radius 2 is 2.00 bits per heavy atom. The summed E-state index contributed by atoms with van der Waals surface area (Å²) >= 11 is 1.81. The zero-order chi connectivity index (χ0) is 18.4. The second kappa shape index (κ2) is 9.24. The van der Waals surface area contributed by atoms with Gasteiger partial charge in [-0.15, -0.1) is 11.3 Å². The average molecular weight is 375 g/mol. The maximum atomic E-state index is 5.93. The van der Waals surface area contributed by atoms with Crippen LogP contribution in [0.5, 0.6) is 0 Å². The van der Waals surface area contributed by atoms with Crippen molar-refractivity contribution in [3.05, 3.63) is 46.0 Å². The van der Waals surface area contributed by atoms with Gasteiger partial charge in [0.15, 0.2) is 5.96 Å². The fraction of sp³-hybridized carbons (Fsp3) is 0.550. The number of hydrogen-bond donors (Lipinski definition) is 2. The van der Waals surface area contributed by atoms with Gasteiger partial charge in [0.2, 0.25) is 0 Å². The van der Waals surface area contributed by atoms with Crippen LogP contribution in [-0.4, -0.2) is 44.1 Å². The van der Waals surface area contributed by atoms with E-state index < -0.39 is 0 Å². The second-order valence-electron chi connectivity index (χ2n) is 6.96. The van der Waals surface area contributed by atoms with Crippen LogP contribution >= 0.6 is 11.3 Å². The standard InChI is InChI=1S/C20H30N4OS/c1-15(19-7-6-12-26-19)13-22-20(21-3)23-14-17(24-10-4-5-11-24)18-9-8-16(2)25-18/h6-9,12,15,17H,4-5,10-11,13-14H2,1-3H3,(H2,21,22,23). The highest BCUT2D eigenvalue weighted by molar-refractivity contribution is 7.10. The Labute approximate surface area is 160 Å². The normalized spacial score (nSPS) is 18.0. The van der Waals surface area contributed by atoms with Gasteiger partial charge in [0, 0.05) is 30.9 Å². The van der Waals surface area contributed by atoms with Crippen molar-refractivity contribution in [2.24, 2.45) is 4.99 Å². The number of likely N-dealkylation sites (tertiary alicyclic amines) is 1. The molecular formula is C20H30N4OS. The van der Waals surface area contributed by atoms with E-state index in [2.05, 4.69) is 51.0 Å². The highest BCUT2D eigenvalue weighted by Gasteiger charge is 2.26. The van der Waals surface area contributed by atoms with Gasteiger partial charge < -0.3 is 15.1 Å². The number of thiophene rings is 1. The molecule has 0 bridgehead atoms. The molecule has 1 aliphatic heterocycles. The highest BCUT2D eigenvalue weighted by atomic mass is 32.1. The monoisotopic (exact) mass is 374 g/mol. The van der Waals surface area contributed by atoms with Gasteiger partial charge >= 0.3 is 0 Å². The molecule has 2 N–H and O–H groups in total. The highest BCUT2D eigenvalue weighted by Crippen LogP contribution is 2.26.